The van der Waals surface area contributed by atoms with Crippen LogP contribution in [0.4, 0.5) is 13.2 Å². The first-order chi connectivity index (χ1) is 11.1. The molecule has 5 atom stereocenters. The Hall–Kier alpha value is -0.830. The molecule has 0 spiro atoms. The van der Waals surface area contributed by atoms with Gasteiger partial charge in [0.2, 0.25) is 6.17 Å². The van der Waals surface area contributed by atoms with Crippen molar-refractivity contribution in [2.24, 2.45) is 23.2 Å². The fourth-order valence-corrected chi connectivity index (χ4v) is 5.36. The number of rotatable bonds is 5. The second-order valence-corrected chi connectivity index (χ2v) is 9.04. The van der Waals surface area contributed by atoms with Crippen molar-refractivity contribution in [3.63, 3.8) is 0 Å². The predicted molar refractivity (Wildman–Crippen MR) is 77.6 cm³/mol. The normalized spacial score (nSPS) is 37.1. The lowest BCUT2D eigenvalue weighted by atomic mass is 9.70. The number of ether oxygens (including phenoxy) is 1. The van der Waals surface area contributed by atoms with Gasteiger partial charge in [-0.2, -0.15) is 17.2 Å². The van der Waals surface area contributed by atoms with Gasteiger partial charge in [-0.3, -0.25) is 9.35 Å². The maximum absolute atomic E-state index is 13.5. The van der Waals surface area contributed by atoms with Crippen LogP contribution >= 0.6 is 0 Å². The molecule has 0 heterocycles. The van der Waals surface area contributed by atoms with E-state index in [1.807, 2.05) is 0 Å². The van der Waals surface area contributed by atoms with Crippen molar-refractivity contribution in [3.8, 4) is 0 Å². The van der Waals surface area contributed by atoms with Crippen molar-refractivity contribution in [1.29, 1.82) is 0 Å². The molecule has 5 nitrogen and oxygen atoms in total. The van der Waals surface area contributed by atoms with E-state index < -0.39 is 39.5 Å². The molecule has 0 aromatic rings. The van der Waals surface area contributed by atoms with Gasteiger partial charge in [0.25, 0.3) is 0 Å². The molecule has 3 bridgehead atoms. The number of fused-ring (bicyclic) bond motifs is 2. The van der Waals surface area contributed by atoms with Crippen molar-refractivity contribution in [3.05, 3.63) is 0 Å². The molecule has 0 aliphatic heterocycles. The average molecular weight is 370 g/mol. The van der Waals surface area contributed by atoms with Crippen molar-refractivity contribution < 1.29 is 35.7 Å². The number of esters is 1. The van der Waals surface area contributed by atoms with Gasteiger partial charge in [-0.05, 0) is 43.4 Å². The van der Waals surface area contributed by atoms with Gasteiger partial charge >= 0.3 is 21.3 Å². The summed E-state index contributed by atoms with van der Waals surface area (Å²) < 4.78 is 74.1. The zero-order chi connectivity index (χ0) is 17.8. The number of hydrogen-bond acceptors (Lipinski definition) is 4. The van der Waals surface area contributed by atoms with E-state index in [0.29, 0.717) is 37.0 Å². The van der Waals surface area contributed by atoms with E-state index in [-0.39, 0.29) is 0 Å². The predicted octanol–water partition coefficient (Wildman–Crippen LogP) is 2.95. The summed E-state index contributed by atoms with van der Waals surface area (Å²) in [5, 5.41) is -4.99. The Labute approximate surface area is 138 Å². The molecule has 0 saturated heterocycles. The van der Waals surface area contributed by atoms with Gasteiger partial charge in [0, 0.05) is 0 Å². The first kappa shape index (κ1) is 18.0. The number of halogens is 3. The maximum atomic E-state index is 13.5. The lowest BCUT2D eigenvalue weighted by molar-refractivity contribution is -0.163. The van der Waals surface area contributed by atoms with Crippen LogP contribution in [0.2, 0.25) is 0 Å². The molecule has 3 fully saturated rings. The topological polar surface area (TPSA) is 80.7 Å². The first-order valence-corrected chi connectivity index (χ1v) is 9.65. The Morgan fingerprint density at radius 1 is 1.25 bits per heavy atom. The summed E-state index contributed by atoms with van der Waals surface area (Å²) in [6.07, 6.45) is 2.89. The molecule has 3 saturated carbocycles. The van der Waals surface area contributed by atoms with E-state index in [9.17, 15) is 26.4 Å². The van der Waals surface area contributed by atoms with E-state index in [4.69, 9.17) is 9.29 Å². The largest absolute Gasteiger partial charge is 0.462 e. The summed E-state index contributed by atoms with van der Waals surface area (Å²) in [4.78, 5) is 12.4. The van der Waals surface area contributed by atoms with Gasteiger partial charge in [-0.15, -0.1) is 0 Å². The lowest BCUT2D eigenvalue weighted by Crippen LogP contribution is -2.43. The van der Waals surface area contributed by atoms with Crippen LogP contribution < -0.4 is 0 Å². The summed E-state index contributed by atoms with van der Waals surface area (Å²) in [5.41, 5.74) is -0.744. The molecule has 138 valence electrons. The van der Waals surface area contributed by atoms with Crippen LogP contribution in [-0.4, -0.2) is 37.0 Å². The zero-order valence-corrected chi connectivity index (χ0v) is 13.9. The van der Waals surface area contributed by atoms with Crippen LogP contribution in [0.15, 0.2) is 0 Å². The van der Waals surface area contributed by atoms with Gasteiger partial charge in [0.15, 0.2) is 0 Å². The maximum Gasteiger partial charge on any atom is 0.403 e. The van der Waals surface area contributed by atoms with Crippen LogP contribution in [0.1, 0.15) is 44.9 Å². The van der Waals surface area contributed by atoms with Crippen LogP contribution in [0, 0.1) is 23.2 Å². The standard InChI is InChI=1S/C15H21F3O5S/c16-12(15(17,18)24(20,21)22)8-23-13(19)14-5-9-2-1-3-10(6-14)11(4-9)7-14/h9-12H,1-8H2,(H,20,21,22). The van der Waals surface area contributed by atoms with E-state index in [1.54, 1.807) is 0 Å². The van der Waals surface area contributed by atoms with E-state index in [2.05, 4.69) is 0 Å². The van der Waals surface area contributed by atoms with Gasteiger partial charge in [-0.25, -0.2) is 4.39 Å². The number of hydrogen-bond donors (Lipinski definition) is 1. The second kappa shape index (κ2) is 5.86. The third kappa shape index (κ3) is 2.94. The Bertz CT molecular complexity index is 619. The summed E-state index contributed by atoms with van der Waals surface area (Å²) in [6.45, 7) is -1.38. The third-order valence-corrected chi connectivity index (χ3v) is 6.92. The molecule has 1 N–H and O–H groups in total. The molecule has 3 aliphatic carbocycles. The summed E-state index contributed by atoms with van der Waals surface area (Å²) in [5.74, 6) is 0.546. The lowest BCUT2D eigenvalue weighted by Gasteiger charge is -2.36. The number of carbonyl (C=O) groups excluding carboxylic acids is 1. The molecular weight excluding hydrogens is 349 g/mol. The molecule has 0 amide bonds. The van der Waals surface area contributed by atoms with Crippen LogP contribution in [0.3, 0.4) is 0 Å². The minimum Gasteiger partial charge on any atom is -0.462 e. The van der Waals surface area contributed by atoms with Crippen molar-refractivity contribution in [1.82, 2.24) is 0 Å². The zero-order valence-electron chi connectivity index (χ0n) is 13.1. The monoisotopic (exact) mass is 370 g/mol. The van der Waals surface area contributed by atoms with Gasteiger partial charge in [-0.1, -0.05) is 19.3 Å². The van der Waals surface area contributed by atoms with Crippen molar-refractivity contribution in [2.75, 3.05) is 6.61 Å². The molecule has 5 unspecified atom stereocenters. The fourth-order valence-electron chi connectivity index (χ4n) is 4.96. The average Bonchev–Trinajstić information content (AvgIpc) is 2.65. The summed E-state index contributed by atoms with van der Waals surface area (Å²) >= 11 is 0. The second-order valence-electron chi connectivity index (χ2n) is 7.55. The molecule has 3 aliphatic rings. The molecular formula is C15H21F3O5S. The van der Waals surface area contributed by atoms with Crippen molar-refractivity contribution in [2.45, 2.75) is 56.4 Å². The summed E-state index contributed by atoms with van der Waals surface area (Å²) in [6, 6.07) is 0. The highest BCUT2D eigenvalue weighted by Gasteiger charge is 2.57. The highest BCUT2D eigenvalue weighted by molar-refractivity contribution is 7.86. The molecule has 0 aromatic heterocycles. The van der Waals surface area contributed by atoms with E-state index >= 15 is 0 Å². The molecule has 24 heavy (non-hydrogen) atoms. The first-order valence-electron chi connectivity index (χ1n) is 8.21. The molecule has 9 heteroatoms. The molecule has 0 radical (unpaired) electrons. The SMILES string of the molecule is O=C(OCC(F)C(F)(F)S(=O)(=O)O)C12CC3CCCC(C1)C(C3)C2. The van der Waals surface area contributed by atoms with Crippen LogP contribution in [0.25, 0.3) is 0 Å². The summed E-state index contributed by atoms with van der Waals surface area (Å²) in [7, 11) is -5.90. The highest BCUT2D eigenvalue weighted by Crippen LogP contribution is 2.60. The van der Waals surface area contributed by atoms with Crippen LogP contribution in [-0.2, 0) is 19.6 Å². The van der Waals surface area contributed by atoms with E-state index in [0.717, 1.165) is 25.7 Å². The van der Waals surface area contributed by atoms with Gasteiger partial charge in [0.05, 0.1) is 5.41 Å². The van der Waals surface area contributed by atoms with Gasteiger partial charge in [0.1, 0.15) is 6.61 Å². The Balaban J connectivity index is 1.66. The van der Waals surface area contributed by atoms with Gasteiger partial charge < -0.3 is 4.74 Å². The number of carbonyl (C=O) groups is 1. The smallest absolute Gasteiger partial charge is 0.403 e. The Kier molecular flexibility index (Phi) is 4.39. The minimum absolute atomic E-state index is 0.407. The Morgan fingerprint density at radius 2 is 1.92 bits per heavy atom. The fraction of sp³-hybridized carbons (Fsp3) is 0.933. The highest BCUT2D eigenvalue weighted by atomic mass is 32.2. The van der Waals surface area contributed by atoms with Crippen molar-refractivity contribution >= 4 is 16.1 Å². The van der Waals surface area contributed by atoms with E-state index in [1.165, 1.54) is 0 Å². The molecule has 0 aromatic carbocycles. The quantitative estimate of drug-likeness (QED) is 0.594. The van der Waals surface area contributed by atoms with Crippen LogP contribution in [0.5, 0.6) is 0 Å². The minimum atomic E-state index is -5.90. The third-order valence-electron chi connectivity index (χ3n) is 5.98. The number of alkyl halides is 3. The molecule has 3 rings (SSSR count). The Morgan fingerprint density at radius 3 is 2.58 bits per heavy atom.